The van der Waals surface area contributed by atoms with Crippen LogP contribution in [0.2, 0.25) is 0 Å². The maximum absolute atomic E-state index is 5.74. The Morgan fingerprint density at radius 3 is 2.67 bits per heavy atom. The molecule has 0 heterocycles. The van der Waals surface area contributed by atoms with Crippen LogP contribution in [0.3, 0.4) is 0 Å². The average Bonchev–Trinajstić information content (AvgIpc) is 2.53. The Bertz CT molecular complexity index is 557. The van der Waals surface area contributed by atoms with Crippen LogP contribution in [-0.2, 0) is 6.42 Å². The van der Waals surface area contributed by atoms with Gasteiger partial charge in [-0.3, -0.25) is 11.3 Å². The van der Waals surface area contributed by atoms with Crippen molar-refractivity contribution in [3.8, 4) is 0 Å². The van der Waals surface area contributed by atoms with Crippen molar-refractivity contribution in [2.24, 2.45) is 5.84 Å². The van der Waals surface area contributed by atoms with Gasteiger partial charge in [-0.25, -0.2) is 0 Å². The molecule has 2 aromatic rings. The van der Waals surface area contributed by atoms with Gasteiger partial charge in [0.05, 0.1) is 0 Å². The summed E-state index contributed by atoms with van der Waals surface area (Å²) in [4.78, 5) is 0. The molecule has 1 atom stereocenters. The minimum Gasteiger partial charge on any atom is -0.271 e. The summed E-state index contributed by atoms with van der Waals surface area (Å²) in [5.74, 6) is 5.74. The molecule has 1 unspecified atom stereocenters. The summed E-state index contributed by atoms with van der Waals surface area (Å²) in [5.41, 5.74) is 4.36. The van der Waals surface area contributed by atoms with E-state index >= 15 is 0 Å². The third-order valence-corrected chi connectivity index (χ3v) is 4.04. The van der Waals surface area contributed by atoms with Gasteiger partial charge in [0.25, 0.3) is 0 Å². The number of benzene rings is 2. The van der Waals surface area contributed by atoms with Crippen LogP contribution in [0.4, 0.5) is 0 Å². The van der Waals surface area contributed by atoms with Gasteiger partial charge in [0.1, 0.15) is 0 Å². The Balaban J connectivity index is 1.95. The third-order valence-electron chi connectivity index (χ3n) is 4.04. The normalized spacial score (nSPS) is 12.4. The van der Waals surface area contributed by atoms with Crippen molar-refractivity contribution in [3.05, 3.63) is 60.7 Å². The second-order valence-electron chi connectivity index (χ2n) is 5.63. The molecule has 0 bridgehead atoms. The smallest absolute Gasteiger partial charge is 0.0251 e. The fourth-order valence-corrected chi connectivity index (χ4v) is 2.84. The van der Waals surface area contributed by atoms with Crippen molar-refractivity contribution >= 4 is 10.8 Å². The topological polar surface area (TPSA) is 38.0 Å². The average molecular weight is 282 g/mol. The molecule has 0 aromatic heterocycles. The Kier molecular flexibility index (Phi) is 6.45. The molecule has 0 aliphatic rings. The molecule has 112 valence electrons. The molecule has 0 amide bonds. The molecule has 2 heteroatoms. The van der Waals surface area contributed by atoms with Crippen LogP contribution < -0.4 is 11.3 Å². The first-order chi connectivity index (χ1) is 10.3. The van der Waals surface area contributed by atoms with E-state index in [0.717, 1.165) is 19.3 Å². The van der Waals surface area contributed by atoms with Crippen LogP contribution in [0.15, 0.2) is 55.1 Å². The number of hydrogen-bond donors (Lipinski definition) is 2. The van der Waals surface area contributed by atoms with Crippen LogP contribution in [0.5, 0.6) is 0 Å². The van der Waals surface area contributed by atoms with E-state index < -0.39 is 0 Å². The predicted octanol–water partition coefficient (Wildman–Crippen LogP) is 4.35. The molecule has 0 fully saturated rings. The van der Waals surface area contributed by atoms with Crippen LogP contribution >= 0.6 is 0 Å². The second kappa shape index (κ2) is 8.60. The van der Waals surface area contributed by atoms with Gasteiger partial charge in [-0.05, 0) is 42.0 Å². The van der Waals surface area contributed by atoms with Gasteiger partial charge in [0.15, 0.2) is 0 Å². The zero-order valence-corrected chi connectivity index (χ0v) is 12.7. The van der Waals surface area contributed by atoms with Crippen LogP contribution in [0.1, 0.15) is 37.7 Å². The van der Waals surface area contributed by atoms with Gasteiger partial charge >= 0.3 is 0 Å². The lowest BCUT2D eigenvalue weighted by Gasteiger charge is -2.17. The molecule has 0 spiro atoms. The lowest BCUT2D eigenvalue weighted by atomic mass is 9.96. The lowest BCUT2D eigenvalue weighted by Crippen LogP contribution is -2.36. The summed E-state index contributed by atoms with van der Waals surface area (Å²) in [5, 5.41) is 2.64. The van der Waals surface area contributed by atoms with E-state index in [1.165, 1.54) is 35.6 Å². The highest BCUT2D eigenvalue weighted by Crippen LogP contribution is 2.20. The van der Waals surface area contributed by atoms with Crippen LogP contribution in [0.25, 0.3) is 10.8 Å². The standard InChI is InChI=1S/C19H26N2/c1-2-3-4-5-6-13-18(21-20)15-17-12-9-11-16-10-7-8-14-19(16)17/h2,7-12,14,18,21H,1,3-6,13,15,20H2. The van der Waals surface area contributed by atoms with E-state index in [1.807, 2.05) is 6.08 Å². The number of unbranched alkanes of at least 4 members (excludes halogenated alkanes) is 3. The number of nitrogens with two attached hydrogens (primary N) is 1. The molecular formula is C19H26N2. The van der Waals surface area contributed by atoms with Gasteiger partial charge in [-0.1, -0.05) is 61.4 Å². The Morgan fingerprint density at radius 1 is 1.05 bits per heavy atom. The number of allylic oxidation sites excluding steroid dienone is 1. The minimum atomic E-state index is 0.347. The molecule has 0 saturated heterocycles. The summed E-state index contributed by atoms with van der Waals surface area (Å²) in [6, 6.07) is 15.4. The van der Waals surface area contributed by atoms with Crippen molar-refractivity contribution < 1.29 is 0 Å². The monoisotopic (exact) mass is 282 g/mol. The maximum Gasteiger partial charge on any atom is 0.0251 e. The first kappa shape index (κ1) is 15.7. The Morgan fingerprint density at radius 2 is 1.86 bits per heavy atom. The third kappa shape index (κ3) is 4.69. The molecule has 0 aliphatic heterocycles. The molecular weight excluding hydrogens is 256 g/mol. The summed E-state index contributed by atoms with van der Waals surface area (Å²) < 4.78 is 0. The van der Waals surface area contributed by atoms with Crippen LogP contribution in [-0.4, -0.2) is 6.04 Å². The van der Waals surface area contributed by atoms with Crippen LogP contribution in [0, 0.1) is 0 Å². The first-order valence-corrected chi connectivity index (χ1v) is 7.89. The van der Waals surface area contributed by atoms with Gasteiger partial charge < -0.3 is 0 Å². The highest BCUT2D eigenvalue weighted by molar-refractivity contribution is 5.85. The van der Waals surface area contributed by atoms with E-state index in [2.05, 4.69) is 54.5 Å². The van der Waals surface area contributed by atoms with Crippen molar-refractivity contribution in [2.45, 2.75) is 44.6 Å². The zero-order chi connectivity index (χ0) is 14.9. The number of hydrazine groups is 1. The van der Waals surface area contributed by atoms with Crippen molar-refractivity contribution in [1.29, 1.82) is 0 Å². The highest BCUT2D eigenvalue weighted by Gasteiger charge is 2.09. The van der Waals surface area contributed by atoms with E-state index in [1.54, 1.807) is 0 Å². The second-order valence-corrected chi connectivity index (χ2v) is 5.63. The summed E-state index contributed by atoms with van der Waals surface area (Å²) >= 11 is 0. The Hall–Kier alpha value is -1.64. The number of nitrogens with one attached hydrogen (secondary N) is 1. The molecule has 0 radical (unpaired) electrons. The van der Waals surface area contributed by atoms with Crippen molar-refractivity contribution in [1.82, 2.24) is 5.43 Å². The lowest BCUT2D eigenvalue weighted by molar-refractivity contribution is 0.465. The molecule has 3 N–H and O–H groups in total. The van der Waals surface area contributed by atoms with E-state index in [9.17, 15) is 0 Å². The number of hydrogen-bond acceptors (Lipinski definition) is 2. The first-order valence-electron chi connectivity index (χ1n) is 7.89. The maximum atomic E-state index is 5.74. The van der Waals surface area contributed by atoms with Gasteiger partial charge in [0.2, 0.25) is 0 Å². The number of rotatable bonds is 9. The fourth-order valence-electron chi connectivity index (χ4n) is 2.84. The predicted molar refractivity (Wildman–Crippen MR) is 92.0 cm³/mol. The van der Waals surface area contributed by atoms with E-state index in [4.69, 9.17) is 5.84 Å². The quantitative estimate of drug-likeness (QED) is 0.310. The van der Waals surface area contributed by atoms with Gasteiger partial charge in [-0.15, -0.1) is 6.58 Å². The molecule has 21 heavy (non-hydrogen) atoms. The largest absolute Gasteiger partial charge is 0.271 e. The highest BCUT2D eigenvalue weighted by atomic mass is 15.2. The zero-order valence-electron chi connectivity index (χ0n) is 12.7. The van der Waals surface area contributed by atoms with E-state index in [-0.39, 0.29) is 0 Å². The van der Waals surface area contributed by atoms with Crippen molar-refractivity contribution in [3.63, 3.8) is 0 Å². The number of fused-ring (bicyclic) bond motifs is 1. The summed E-state index contributed by atoms with van der Waals surface area (Å²) in [7, 11) is 0. The van der Waals surface area contributed by atoms with Gasteiger partial charge in [0, 0.05) is 6.04 Å². The molecule has 2 nitrogen and oxygen atoms in total. The van der Waals surface area contributed by atoms with Crippen molar-refractivity contribution in [2.75, 3.05) is 0 Å². The van der Waals surface area contributed by atoms with Gasteiger partial charge in [-0.2, -0.15) is 0 Å². The minimum absolute atomic E-state index is 0.347. The molecule has 0 aliphatic carbocycles. The van der Waals surface area contributed by atoms with E-state index in [0.29, 0.717) is 6.04 Å². The molecule has 2 aromatic carbocycles. The molecule has 2 rings (SSSR count). The Labute approximate surface area is 128 Å². The fraction of sp³-hybridized carbons (Fsp3) is 0.368. The summed E-state index contributed by atoms with van der Waals surface area (Å²) in [6.07, 6.45) is 8.91. The summed E-state index contributed by atoms with van der Waals surface area (Å²) in [6.45, 7) is 3.76. The SMILES string of the molecule is C=CCCCCCC(Cc1cccc2ccccc12)NN. The molecule has 0 saturated carbocycles.